The number of benzene rings is 2. The molecule has 0 saturated carbocycles. The van der Waals surface area contributed by atoms with Crippen LogP contribution < -0.4 is 21.1 Å². The summed E-state index contributed by atoms with van der Waals surface area (Å²) in [6.45, 7) is 1.91. The van der Waals surface area contributed by atoms with E-state index in [0.29, 0.717) is 27.8 Å². The number of anilines is 3. The van der Waals surface area contributed by atoms with Crippen molar-refractivity contribution in [2.24, 2.45) is 0 Å². The predicted molar refractivity (Wildman–Crippen MR) is 92.6 cm³/mol. The standard InChI is InChI=1S/C16H16ClN3O4/c1-2-23-16(22)24-12-6-4-11(5-7-12)19-15(21)20-14-8-3-10(18)9-13(14)17/h3-9H,2,18H2,1H3,(H2,19,20,21). The monoisotopic (exact) mass is 349 g/mol. The van der Waals surface area contributed by atoms with E-state index in [1.807, 2.05) is 0 Å². The molecule has 0 unspecified atom stereocenters. The smallest absolute Gasteiger partial charge is 0.434 e. The van der Waals surface area contributed by atoms with Crippen molar-refractivity contribution in [2.45, 2.75) is 6.92 Å². The van der Waals surface area contributed by atoms with E-state index in [-0.39, 0.29) is 6.61 Å². The molecule has 0 bridgehead atoms. The summed E-state index contributed by atoms with van der Waals surface area (Å²) in [4.78, 5) is 23.1. The van der Waals surface area contributed by atoms with Gasteiger partial charge in [-0.2, -0.15) is 0 Å². The van der Waals surface area contributed by atoms with Crippen LogP contribution in [0.5, 0.6) is 5.75 Å². The molecule has 0 spiro atoms. The zero-order valence-corrected chi connectivity index (χ0v) is 13.6. The van der Waals surface area contributed by atoms with Crippen LogP contribution in [0, 0.1) is 0 Å². The van der Waals surface area contributed by atoms with Crippen molar-refractivity contribution >= 4 is 40.8 Å². The van der Waals surface area contributed by atoms with Gasteiger partial charge in [0, 0.05) is 11.4 Å². The summed E-state index contributed by atoms with van der Waals surface area (Å²) in [7, 11) is 0. The zero-order valence-electron chi connectivity index (χ0n) is 12.8. The van der Waals surface area contributed by atoms with Crippen LogP contribution in [0.2, 0.25) is 5.02 Å². The molecule has 0 aliphatic rings. The van der Waals surface area contributed by atoms with Crippen LogP contribution in [0.4, 0.5) is 26.7 Å². The normalized spacial score (nSPS) is 9.92. The molecular weight excluding hydrogens is 334 g/mol. The quantitative estimate of drug-likeness (QED) is 0.438. The molecule has 2 amide bonds. The highest BCUT2D eigenvalue weighted by Gasteiger charge is 2.08. The van der Waals surface area contributed by atoms with Crippen molar-refractivity contribution in [3.63, 3.8) is 0 Å². The molecule has 0 aliphatic carbocycles. The van der Waals surface area contributed by atoms with Crippen molar-refractivity contribution in [1.82, 2.24) is 0 Å². The van der Waals surface area contributed by atoms with Crippen LogP contribution in [0.1, 0.15) is 6.92 Å². The highest BCUT2D eigenvalue weighted by molar-refractivity contribution is 6.34. The summed E-state index contributed by atoms with van der Waals surface area (Å²) < 4.78 is 9.58. The van der Waals surface area contributed by atoms with Gasteiger partial charge < -0.3 is 25.8 Å². The third-order valence-corrected chi connectivity index (χ3v) is 3.13. The maximum absolute atomic E-state index is 11.9. The first-order valence-corrected chi connectivity index (χ1v) is 7.43. The molecule has 0 fully saturated rings. The lowest BCUT2D eigenvalue weighted by atomic mass is 10.3. The molecule has 2 aromatic rings. The van der Waals surface area contributed by atoms with Gasteiger partial charge in [-0.15, -0.1) is 0 Å². The number of nitrogen functional groups attached to an aromatic ring is 1. The molecule has 2 aromatic carbocycles. The third-order valence-electron chi connectivity index (χ3n) is 2.82. The first-order valence-electron chi connectivity index (χ1n) is 7.05. The molecule has 0 aromatic heterocycles. The summed E-state index contributed by atoms with van der Waals surface area (Å²) in [6.07, 6.45) is -0.783. The van der Waals surface area contributed by atoms with Gasteiger partial charge in [-0.05, 0) is 49.4 Å². The molecule has 0 aliphatic heterocycles. The molecule has 4 N–H and O–H groups in total. The molecular formula is C16H16ClN3O4. The number of nitrogens with one attached hydrogen (secondary N) is 2. The Labute approximate surface area is 143 Å². The van der Waals surface area contributed by atoms with E-state index in [1.54, 1.807) is 37.3 Å². The fourth-order valence-corrected chi connectivity index (χ4v) is 2.00. The number of nitrogens with two attached hydrogens (primary N) is 1. The molecule has 2 rings (SSSR count). The average molecular weight is 350 g/mol. The van der Waals surface area contributed by atoms with Gasteiger partial charge in [0.25, 0.3) is 0 Å². The van der Waals surface area contributed by atoms with E-state index < -0.39 is 12.2 Å². The summed E-state index contributed by atoms with van der Waals surface area (Å²) in [6, 6.07) is 10.5. The van der Waals surface area contributed by atoms with Crippen molar-refractivity contribution in [3.8, 4) is 5.75 Å². The lowest BCUT2D eigenvalue weighted by Gasteiger charge is -2.10. The van der Waals surface area contributed by atoms with Gasteiger partial charge in [-0.25, -0.2) is 9.59 Å². The number of carbonyl (C=O) groups excluding carboxylic acids is 2. The highest BCUT2D eigenvalue weighted by atomic mass is 35.5. The van der Waals surface area contributed by atoms with E-state index >= 15 is 0 Å². The first kappa shape index (κ1) is 17.4. The molecule has 0 radical (unpaired) electrons. The Hall–Kier alpha value is -2.93. The number of urea groups is 1. The fraction of sp³-hybridized carbons (Fsp3) is 0.125. The number of halogens is 1. The Kier molecular flexibility index (Phi) is 5.86. The van der Waals surface area contributed by atoms with E-state index in [4.69, 9.17) is 22.1 Å². The maximum Gasteiger partial charge on any atom is 0.513 e. The Morgan fingerprint density at radius 2 is 1.83 bits per heavy atom. The topological polar surface area (TPSA) is 103 Å². The van der Waals surface area contributed by atoms with Gasteiger partial charge in [0.15, 0.2) is 0 Å². The zero-order chi connectivity index (χ0) is 17.5. The van der Waals surface area contributed by atoms with Crippen LogP contribution >= 0.6 is 11.6 Å². The summed E-state index contributed by atoms with van der Waals surface area (Å²) in [5.74, 6) is 0.306. The minimum Gasteiger partial charge on any atom is -0.434 e. The Balaban J connectivity index is 1.93. The van der Waals surface area contributed by atoms with Gasteiger partial charge in [-0.1, -0.05) is 11.6 Å². The Morgan fingerprint density at radius 3 is 2.46 bits per heavy atom. The molecule has 7 nitrogen and oxygen atoms in total. The van der Waals surface area contributed by atoms with E-state index in [2.05, 4.69) is 15.4 Å². The Morgan fingerprint density at radius 1 is 1.12 bits per heavy atom. The summed E-state index contributed by atoms with van der Waals surface area (Å²) >= 11 is 5.99. The average Bonchev–Trinajstić information content (AvgIpc) is 2.52. The van der Waals surface area contributed by atoms with E-state index in [9.17, 15) is 9.59 Å². The third kappa shape index (κ3) is 5.06. The fourth-order valence-electron chi connectivity index (χ4n) is 1.77. The van der Waals surface area contributed by atoms with Crippen LogP contribution in [-0.4, -0.2) is 18.8 Å². The van der Waals surface area contributed by atoms with Crippen LogP contribution in [0.3, 0.4) is 0 Å². The highest BCUT2D eigenvalue weighted by Crippen LogP contribution is 2.24. The summed E-state index contributed by atoms with van der Waals surface area (Å²) in [5.41, 5.74) is 7.04. The van der Waals surface area contributed by atoms with Gasteiger partial charge in [0.1, 0.15) is 5.75 Å². The van der Waals surface area contributed by atoms with Gasteiger partial charge >= 0.3 is 12.2 Å². The van der Waals surface area contributed by atoms with Crippen LogP contribution in [0.15, 0.2) is 42.5 Å². The van der Waals surface area contributed by atoms with Gasteiger partial charge in [-0.3, -0.25) is 0 Å². The molecule has 0 heterocycles. The molecule has 8 heteroatoms. The second-order valence-electron chi connectivity index (χ2n) is 4.63. The Bertz CT molecular complexity index is 735. The molecule has 126 valence electrons. The largest absolute Gasteiger partial charge is 0.513 e. The number of hydrogen-bond donors (Lipinski definition) is 3. The van der Waals surface area contributed by atoms with Crippen molar-refractivity contribution < 1.29 is 19.1 Å². The first-order chi connectivity index (χ1) is 11.5. The molecule has 0 saturated heterocycles. The lowest BCUT2D eigenvalue weighted by Crippen LogP contribution is -2.19. The second-order valence-corrected chi connectivity index (χ2v) is 5.04. The maximum atomic E-state index is 11.9. The number of ether oxygens (including phenoxy) is 2. The van der Waals surface area contributed by atoms with Gasteiger partial charge in [0.05, 0.1) is 17.3 Å². The van der Waals surface area contributed by atoms with Gasteiger partial charge in [0.2, 0.25) is 0 Å². The molecule has 0 atom stereocenters. The minimum absolute atomic E-state index is 0.229. The minimum atomic E-state index is -0.783. The predicted octanol–water partition coefficient (Wildman–Crippen LogP) is 4.10. The lowest BCUT2D eigenvalue weighted by molar-refractivity contribution is 0.104. The number of amides is 2. The number of hydrogen-bond acceptors (Lipinski definition) is 5. The SMILES string of the molecule is CCOC(=O)Oc1ccc(NC(=O)Nc2ccc(N)cc2Cl)cc1. The van der Waals surface area contributed by atoms with Crippen molar-refractivity contribution in [3.05, 3.63) is 47.5 Å². The number of rotatable bonds is 4. The summed E-state index contributed by atoms with van der Waals surface area (Å²) in [5, 5.41) is 5.57. The van der Waals surface area contributed by atoms with Crippen molar-refractivity contribution in [1.29, 1.82) is 0 Å². The van der Waals surface area contributed by atoms with Crippen LogP contribution in [0.25, 0.3) is 0 Å². The second kappa shape index (κ2) is 8.07. The molecule has 24 heavy (non-hydrogen) atoms. The van der Waals surface area contributed by atoms with E-state index in [1.165, 1.54) is 12.1 Å². The van der Waals surface area contributed by atoms with Crippen molar-refractivity contribution in [2.75, 3.05) is 23.0 Å². The van der Waals surface area contributed by atoms with E-state index in [0.717, 1.165) is 0 Å². The van der Waals surface area contributed by atoms with Crippen LogP contribution in [-0.2, 0) is 4.74 Å². The number of carbonyl (C=O) groups is 2.